The minimum Gasteiger partial charge on any atom is -0.763 e. The van der Waals surface area contributed by atoms with Gasteiger partial charge in [0.2, 0.25) is 0 Å². The maximum Gasteiger partial charge on any atom is 0.337 e. The van der Waals surface area contributed by atoms with Crippen LogP contribution in [-0.4, -0.2) is 17.4 Å². The number of nitrogens with zero attached hydrogens (tertiary/aromatic N) is 1. The molecule has 10 heavy (non-hydrogen) atoms. The normalized spacial score (nSPS) is 9.90. The summed E-state index contributed by atoms with van der Waals surface area (Å²) < 4.78 is 4.76. The molecule has 0 amide bonds. The van der Waals surface area contributed by atoms with Crippen molar-refractivity contribution in [1.29, 1.82) is 0 Å². The Morgan fingerprint density at radius 1 is 1.60 bits per heavy atom. The van der Waals surface area contributed by atoms with Crippen molar-refractivity contribution in [2.24, 2.45) is 0 Å². The van der Waals surface area contributed by atoms with Crippen molar-refractivity contribution in [1.82, 2.24) is 0 Å². The van der Waals surface area contributed by atoms with Crippen molar-refractivity contribution in [2.75, 3.05) is 0 Å². The van der Waals surface area contributed by atoms with Gasteiger partial charge in [-0.1, -0.05) is 0 Å². The van der Waals surface area contributed by atoms with Crippen molar-refractivity contribution in [3.05, 3.63) is 11.5 Å². The van der Waals surface area contributed by atoms with Gasteiger partial charge in [0, 0.05) is 6.08 Å². The summed E-state index contributed by atoms with van der Waals surface area (Å²) in [6, 6.07) is 0. The van der Waals surface area contributed by atoms with E-state index in [1.165, 1.54) is 0 Å². The monoisotopic (exact) mass is 140 g/mol. The topological polar surface area (TPSA) is 48.6 Å². The lowest BCUT2D eigenvalue weighted by Crippen LogP contribution is -2.22. The van der Waals surface area contributed by atoms with Crippen LogP contribution in [0, 0.1) is 0 Å². The van der Waals surface area contributed by atoms with Crippen LogP contribution in [0.5, 0.6) is 0 Å². The fourth-order valence-electron chi connectivity index (χ4n) is 0.384. The molecule has 0 aliphatic heterocycles. The second-order valence-electron chi connectivity index (χ2n) is 2.81. The minimum atomic E-state index is -0.588. The smallest absolute Gasteiger partial charge is 0.337 e. The quantitative estimate of drug-likeness (QED) is 0.311. The van der Waals surface area contributed by atoms with E-state index in [1.807, 2.05) is 0 Å². The molecule has 0 unspecified atom stereocenters. The predicted octanol–water partition coefficient (Wildman–Crippen LogP) is 1.12. The largest absolute Gasteiger partial charge is 0.763 e. The predicted molar refractivity (Wildman–Crippen MR) is 38.8 cm³/mol. The molecule has 56 valence electrons. The van der Waals surface area contributed by atoms with Crippen LogP contribution in [0.15, 0.2) is 6.08 Å². The van der Waals surface area contributed by atoms with E-state index < -0.39 is 11.6 Å². The molecule has 0 aliphatic carbocycles. The van der Waals surface area contributed by atoms with Gasteiger partial charge in [-0.25, -0.2) is 4.79 Å². The zero-order valence-corrected chi connectivity index (χ0v) is 6.34. The zero-order chi connectivity index (χ0) is 8.20. The summed E-state index contributed by atoms with van der Waals surface area (Å²) in [7, 11) is 0. The summed E-state index contributed by atoms with van der Waals surface area (Å²) in [5.74, 6) is 1.00. The number of hydrogen-bond donors (Lipinski definition) is 0. The van der Waals surface area contributed by atoms with Gasteiger partial charge in [0.05, 0.1) is 0 Å². The van der Waals surface area contributed by atoms with Crippen LogP contribution >= 0.6 is 0 Å². The molecule has 0 aliphatic rings. The number of hydrogen-bond acceptors (Lipinski definition) is 2. The van der Waals surface area contributed by atoms with E-state index in [0.29, 0.717) is 0 Å². The lowest BCUT2D eigenvalue weighted by molar-refractivity contribution is -0.148. The fourth-order valence-corrected chi connectivity index (χ4v) is 0.384. The van der Waals surface area contributed by atoms with Crippen molar-refractivity contribution in [3.63, 3.8) is 0 Å². The Kier molecular flexibility index (Phi) is 2.84. The first-order chi connectivity index (χ1) is 4.45. The maximum atomic E-state index is 10.6. The highest BCUT2D eigenvalue weighted by atomic mass is 16.6. The van der Waals surface area contributed by atoms with Crippen LogP contribution in [0.1, 0.15) is 20.8 Å². The Morgan fingerprint density at radius 2 is 2.10 bits per heavy atom. The molecule has 0 spiro atoms. The molecule has 0 atom stereocenters. The van der Waals surface area contributed by atoms with Gasteiger partial charge in [0.25, 0.3) is 0 Å². The molecule has 0 saturated carbocycles. The lowest BCUT2D eigenvalue weighted by atomic mass is 10.2. The molecule has 0 N–H and O–H groups in total. The molecule has 0 fully saturated rings. The van der Waals surface area contributed by atoms with Crippen molar-refractivity contribution < 1.29 is 9.53 Å². The molecule has 3 nitrogen and oxygen atoms in total. The van der Waals surface area contributed by atoms with Crippen LogP contribution in [0.4, 0.5) is 0 Å². The van der Waals surface area contributed by atoms with E-state index in [2.05, 4.69) is 0 Å². The highest BCUT2D eigenvalue weighted by Crippen LogP contribution is 2.06. The van der Waals surface area contributed by atoms with E-state index in [1.54, 1.807) is 26.6 Å². The minimum absolute atomic E-state index is 0.509. The summed E-state index contributed by atoms with van der Waals surface area (Å²) in [5, 5.41) is 8.03. The van der Waals surface area contributed by atoms with Crippen LogP contribution < -0.4 is 0 Å². The van der Waals surface area contributed by atoms with E-state index >= 15 is 0 Å². The number of rotatable bonds is 1. The van der Waals surface area contributed by atoms with Gasteiger partial charge >= 0.3 is 5.97 Å². The number of ether oxygens (including phenoxy) is 1. The Morgan fingerprint density at radius 3 is 2.40 bits per heavy atom. The highest BCUT2D eigenvalue weighted by molar-refractivity contribution is 5.91. The number of carbonyl (C=O) groups is 1. The second kappa shape index (κ2) is 3.18. The van der Waals surface area contributed by atoms with Gasteiger partial charge in [-0.05, 0) is 20.8 Å². The van der Waals surface area contributed by atoms with Gasteiger partial charge in [-0.15, -0.1) is 0 Å². The summed E-state index contributed by atoms with van der Waals surface area (Å²) in [6.07, 6.45) is 0.839. The van der Waals surface area contributed by atoms with Crippen LogP contribution in [-0.2, 0) is 9.53 Å². The summed E-state index contributed by atoms with van der Waals surface area (Å²) in [5.41, 5.74) is -0.509. The fraction of sp³-hybridized carbons (Fsp3) is 0.571. The van der Waals surface area contributed by atoms with Gasteiger partial charge < -0.3 is 10.1 Å². The van der Waals surface area contributed by atoms with Crippen molar-refractivity contribution in [2.45, 2.75) is 26.4 Å². The van der Waals surface area contributed by atoms with Gasteiger partial charge in [-0.2, -0.15) is 0 Å². The molecule has 3 heteroatoms. The molecule has 0 radical (unpaired) electrons. The first-order valence-corrected chi connectivity index (χ1v) is 2.91. The molecule has 0 rings (SSSR count). The third kappa shape index (κ3) is 5.06. The Balaban J connectivity index is 3.92. The first-order valence-electron chi connectivity index (χ1n) is 2.91. The van der Waals surface area contributed by atoms with E-state index in [4.69, 9.17) is 10.1 Å². The van der Waals surface area contributed by atoms with Gasteiger partial charge in [-0.3, -0.25) is 5.87 Å². The average molecular weight is 140 g/mol. The molecule has 0 saturated heterocycles. The Hall–Kier alpha value is -1.08. The molecule has 0 aromatic rings. The summed E-state index contributed by atoms with van der Waals surface area (Å²) in [6.45, 7) is 5.24. The Labute approximate surface area is 60.2 Å². The summed E-state index contributed by atoms with van der Waals surface area (Å²) in [4.78, 5) is 10.6. The van der Waals surface area contributed by atoms with Crippen molar-refractivity contribution >= 4 is 11.8 Å². The third-order valence-corrected chi connectivity index (χ3v) is 0.589. The molecule has 0 bridgehead atoms. The van der Waals surface area contributed by atoms with Crippen LogP contribution in [0.3, 0.4) is 0 Å². The SMILES string of the molecule is CC(C)(C)OC(=O)C=C=[N-]. The zero-order valence-electron chi connectivity index (χ0n) is 6.34. The van der Waals surface area contributed by atoms with E-state index in [-0.39, 0.29) is 0 Å². The first kappa shape index (κ1) is 8.92. The molecular formula is C7H10NO2-. The number of esters is 1. The average Bonchev–Trinajstić information content (AvgIpc) is 1.59. The van der Waals surface area contributed by atoms with Gasteiger partial charge in [0.1, 0.15) is 5.60 Å². The van der Waals surface area contributed by atoms with E-state index in [0.717, 1.165) is 6.08 Å². The van der Waals surface area contributed by atoms with Crippen LogP contribution in [0.25, 0.3) is 5.41 Å². The number of carbonyl (C=O) groups excluding carboxylic acids is 1. The molecular weight excluding hydrogens is 130 g/mol. The van der Waals surface area contributed by atoms with Gasteiger partial charge in [0.15, 0.2) is 0 Å². The summed E-state index contributed by atoms with van der Waals surface area (Å²) >= 11 is 0. The molecule has 0 aromatic heterocycles. The second-order valence-corrected chi connectivity index (χ2v) is 2.81. The standard InChI is InChI=1S/C7H10NO2/c1-7(2,3)10-6(9)4-5-8/h4H,1-3H3/q-1. The maximum absolute atomic E-state index is 10.6. The lowest BCUT2D eigenvalue weighted by Gasteiger charge is -2.17. The molecule has 0 heterocycles. The molecule has 0 aromatic carbocycles. The Bertz CT molecular complexity index is 173. The third-order valence-electron chi connectivity index (χ3n) is 0.589. The van der Waals surface area contributed by atoms with Crippen molar-refractivity contribution in [3.8, 4) is 0 Å². The van der Waals surface area contributed by atoms with Crippen LogP contribution in [0.2, 0.25) is 0 Å². The van der Waals surface area contributed by atoms with E-state index in [9.17, 15) is 4.79 Å². The highest BCUT2D eigenvalue weighted by Gasteiger charge is 2.13.